The van der Waals surface area contributed by atoms with Crippen LogP contribution in [0.3, 0.4) is 0 Å². The third-order valence-corrected chi connectivity index (χ3v) is 3.74. The molecule has 17 heavy (non-hydrogen) atoms. The maximum Gasteiger partial charge on any atom is 0.414 e. The van der Waals surface area contributed by atoms with Gasteiger partial charge in [-0.05, 0) is 25.0 Å². The summed E-state index contributed by atoms with van der Waals surface area (Å²) in [4.78, 5) is 13.4. The normalized spacial score (nSPS) is 29.5. The number of allylic oxidation sites excluding steroid dienone is 1. The third-order valence-electron chi connectivity index (χ3n) is 3.74. The summed E-state index contributed by atoms with van der Waals surface area (Å²) in [6.45, 7) is 4.70. The van der Waals surface area contributed by atoms with Crippen LogP contribution in [0.25, 0.3) is 5.57 Å². The molecule has 2 fully saturated rings. The molecular weight excluding hydrogens is 214 g/mol. The van der Waals surface area contributed by atoms with Crippen molar-refractivity contribution in [2.45, 2.75) is 25.8 Å². The number of ether oxygens (including phenoxy) is 1. The standard InChI is InChI=1S/C14H15NO2/c1-10(11-6-4-3-5-7-11)12-14(2)8-9-17-13(16)15(12)14/h3-7H,8-9H2,1-2H3/b12-10+/t14-,15?/m0/s1. The van der Waals surface area contributed by atoms with Crippen LogP contribution in [-0.2, 0) is 4.74 Å². The summed E-state index contributed by atoms with van der Waals surface area (Å²) in [5, 5.41) is 0. The summed E-state index contributed by atoms with van der Waals surface area (Å²) in [7, 11) is 0. The number of hydrogen-bond acceptors (Lipinski definition) is 2. The first-order valence-corrected chi connectivity index (χ1v) is 5.88. The summed E-state index contributed by atoms with van der Waals surface area (Å²) in [6.07, 6.45) is 0.683. The van der Waals surface area contributed by atoms with Crippen LogP contribution in [0, 0.1) is 0 Å². The van der Waals surface area contributed by atoms with E-state index >= 15 is 0 Å². The molecular formula is C14H15NO2. The SMILES string of the molecule is C/C(=C1\N2C(=O)OCC[C@@]12C)c1ccccc1. The second-order valence-electron chi connectivity index (χ2n) is 4.81. The van der Waals surface area contributed by atoms with Crippen molar-refractivity contribution in [2.75, 3.05) is 6.61 Å². The Balaban J connectivity index is 2.03. The molecule has 88 valence electrons. The fourth-order valence-corrected chi connectivity index (χ4v) is 2.69. The molecule has 0 N–H and O–H groups in total. The molecule has 0 bridgehead atoms. The molecule has 3 heteroatoms. The Kier molecular flexibility index (Phi) is 2.05. The van der Waals surface area contributed by atoms with Gasteiger partial charge in [-0.25, -0.2) is 4.79 Å². The number of nitrogens with zero attached hydrogens (tertiary/aromatic N) is 1. The Bertz CT molecular complexity index is 506. The summed E-state index contributed by atoms with van der Waals surface area (Å²) < 4.78 is 5.07. The van der Waals surface area contributed by atoms with Crippen molar-refractivity contribution >= 4 is 11.7 Å². The molecule has 2 aliphatic heterocycles. The van der Waals surface area contributed by atoms with Gasteiger partial charge in [-0.2, -0.15) is 0 Å². The second kappa shape index (κ2) is 3.36. The fraction of sp³-hybridized carbons (Fsp3) is 0.357. The monoisotopic (exact) mass is 229 g/mol. The highest BCUT2D eigenvalue weighted by Crippen LogP contribution is 2.53. The number of benzene rings is 1. The van der Waals surface area contributed by atoms with Crippen LogP contribution in [0.4, 0.5) is 4.79 Å². The van der Waals surface area contributed by atoms with E-state index in [0.29, 0.717) is 6.61 Å². The van der Waals surface area contributed by atoms with Gasteiger partial charge in [0.2, 0.25) is 0 Å². The first-order valence-electron chi connectivity index (χ1n) is 5.88. The molecule has 1 atom stereocenters. The number of carbonyl (C=O) groups excluding carboxylic acids is 1. The number of carbonyl (C=O) groups is 1. The molecule has 2 heterocycles. The van der Waals surface area contributed by atoms with Gasteiger partial charge in [0.05, 0.1) is 17.8 Å². The average molecular weight is 229 g/mol. The van der Waals surface area contributed by atoms with Crippen LogP contribution >= 0.6 is 0 Å². The van der Waals surface area contributed by atoms with Crippen LogP contribution in [0.5, 0.6) is 0 Å². The first-order chi connectivity index (χ1) is 8.14. The molecule has 0 saturated carbocycles. The molecule has 1 amide bonds. The van der Waals surface area contributed by atoms with E-state index < -0.39 is 0 Å². The topological polar surface area (TPSA) is 29.3 Å². The summed E-state index contributed by atoms with van der Waals surface area (Å²) >= 11 is 0. The van der Waals surface area contributed by atoms with Crippen LogP contribution in [0.1, 0.15) is 25.8 Å². The van der Waals surface area contributed by atoms with Crippen LogP contribution in [0.2, 0.25) is 0 Å². The predicted octanol–water partition coefficient (Wildman–Crippen LogP) is 3.03. The minimum Gasteiger partial charge on any atom is -0.449 e. The number of rotatable bonds is 1. The highest BCUT2D eigenvalue weighted by atomic mass is 16.6. The smallest absolute Gasteiger partial charge is 0.414 e. The van der Waals surface area contributed by atoms with Crippen molar-refractivity contribution in [1.29, 1.82) is 0 Å². The van der Waals surface area contributed by atoms with Crippen molar-refractivity contribution in [2.24, 2.45) is 0 Å². The Morgan fingerprint density at radius 2 is 2.06 bits per heavy atom. The quantitative estimate of drug-likeness (QED) is 0.693. The van der Waals surface area contributed by atoms with Crippen molar-refractivity contribution < 1.29 is 9.53 Å². The van der Waals surface area contributed by atoms with E-state index in [4.69, 9.17) is 4.74 Å². The lowest BCUT2D eigenvalue weighted by Gasteiger charge is -2.16. The minimum absolute atomic E-state index is 0.102. The van der Waals surface area contributed by atoms with Crippen LogP contribution < -0.4 is 0 Å². The van der Waals surface area contributed by atoms with Gasteiger partial charge in [-0.3, -0.25) is 4.90 Å². The molecule has 2 aliphatic rings. The molecule has 0 aliphatic carbocycles. The summed E-state index contributed by atoms with van der Waals surface area (Å²) in [5.41, 5.74) is 3.36. The zero-order valence-electron chi connectivity index (χ0n) is 10.1. The lowest BCUT2D eigenvalue weighted by Crippen LogP contribution is -2.29. The van der Waals surface area contributed by atoms with Crippen molar-refractivity contribution in [1.82, 2.24) is 4.90 Å². The average Bonchev–Trinajstić information content (AvgIpc) is 2.97. The first kappa shape index (κ1) is 10.4. The molecule has 3 nitrogen and oxygen atoms in total. The number of cyclic esters (lactones) is 1. The zero-order valence-corrected chi connectivity index (χ0v) is 10.1. The lowest BCUT2D eigenvalue weighted by molar-refractivity contribution is 0.0975. The van der Waals surface area contributed by atoms with E-state index in [0.717, 1.165) is 12.1 Å². The van der Waals surface area contributed by atoms with E-state index in [1.54, 1.807) is 4.90 Å². The van der Waals surface area contributed by atoms with E-state index in [1.165, 1.54) is 11.1 Å². The Morgan fingerprint density at radius 1 is 1.35 bits per heavy atom. The Morgan fingerprint density at radius 3 is 2.71 bits per heavy atom. The highest BCUT2D eigenvalue weighted by molar-refractivity contribution is 5.86. The van der Waals surface area contributed by atoms with Gasteiger partial charge in [0.15, 0.2) is 0 Å². The molecule has 2 saturated heterocycles. The molecule has 0 unspecified atom stereocenters. The second-order valence-corrected chi connectivity index (χ2v) is 4.81. The van der Waals surface area contributed by atoms with Gasteiger partial charge < -0.3 is 4.74 Å². The summed E-state index contributed by atoms with van der Waals surface area (Å²) in [6, 6.07) is 10.2. The maximum atomic E-state index is 11.7. The number of amides is 1. The third kappa shape index (κ3) is 1.38. The largest absolute Gasteiger partial charge is 0.449 e. The van der Waals surface area contributed by atoms with Gasteiger partial charge in [0.1, 0.15) is 0 Å². The van der Waals surface area contributed by atoms with Gasteiger partial charge in [-0.15, -0.1) is 0 Å². The Hall–Kier alpha value is -1.77. The van der Waals surface area contributed by atoms with Crippen LogP contribution in [0.15, 0.2) is 36.0 Å². The minimum atomic E-state index is -0.205. The van der Waals surface area contributed by atoms with Gasteiger partial charge in [0, 0.05) is 6.42 Å². The van der Waals surface area contributed by atoms with Crippen molar-refractivity contribution in [3.05, 3.63) is 41.6 Å². The van der Waals surface area contributed by atoms with Crippen LogP contribution in [-0.4, -0.2) is 23.1 Å². The fourth-order valence-electron chi connectivity index (χ4n) is 2.69. The molecule has 1 aromatic rings. The maximum absolute atomic E-state index is 11.7. The lowest BCUT2D eigenvalue weighted by atomic mass is 10.00. The van der Waals surface area contributed by atoms with Gasteiger partial charge >= 0.3 is 6.09 Å². The van der Waals surface area contributed by atoms with E-state index in [9.17, 15) is 4.79 Å². The molecule has 0 radical (unpaired) electrons. The predicted molar refractivity (Wildman–Crippen MR) is 65.2 cm³/mol. The van der Waals surface area contributed by atoms with Gasteiger partial charge in [-0.1, -0.05) is 30.3 Å². The van der Waals surface area contributed by atoms with E-state index in [-0.39, 0.29) is 11.6 Å². The molecule has 1 aromatic carbocycles. The Labute approximate surface area is 101 Å². The summed E-state index contributed by atoms with van der Waals surface area (Å²) in [5.74, 6) is 0. The highest BCUT2D eigenvalue weighted by Gasteiger charge is 2.61. The number of hydrogen-bond donors (Lipinski definition) is 0. The van der Waals surface area contributed by atoms with E-state index in [2.05, 4.69) is 26.0 Å². The molecule has 0 aromatic heterocycles. The van der Waals surface area contributed by atoms with Crippen molar-refractivity contribution in [3.8, 4) is 0 Å². The van der Waals surface area contributed by atoms with E-state index in [1.807, 2.05) is 18.2 Å². The molecule has 3 rings (SSSR count). The van der Waals surface area contributed by atoms with Crippen molar-refractivity contribution in [3.63, 3.8) is 0 Å². The molecule has 0 spiro atoms. The van der Waals surface area contributed by atoms with Gasteiger partial charge in [0.25, 0.3) is 0 Å². The zero-order chi connectivity index (χ0) is 12.0. The number of fused-ring (bicyclic) bond motifs is 1.